The molecule has 0 aliphatic heterocycles. The van der Waals surface area contributed by atoms with Gasteiger partial charge in [-0.15, -0.1) is 0 Å². The van der Waals surface area contributed by atoms with Gasteiger partial charge in [-0.25, -0.2) is 8.42 Å². The Bertz CT molecular complexity index is 588. The lowest BCUT2D eigenvalue weighted by Gasteiger charge is -2.26. The molecule has 0 atom stereocenters. The summed E-state index contributed by atoms with van der Waals surface area (Å²) in [6.45, 7) is 6.35. The molecule has 1 rings (SSSR count). The van der Waals surface area contributed by atoms with Gasteiger partial charge in [0.1, 0.15) is 10.6 Å². The highest BCUT2D eigenvalue weighted by molar-refractivity contribution is 7.89. The van der Waals surface area contributed by atoms with Gasteiger partial charge >= 0.3 is 0 Å². The van der Waals surface area contributed by atoms with E-state index in [0.29, 0.717) is 29.4 Å². The molecule has 0 bridgehead atoms. The third-order valence-corrected chi connectivity index (χ3v) is 5.52. The van der Waals surface area contributed by atoms with Crippen LogP contribution in [0.4, 0.5) is 0 Å². The number of hydrogen-bond acceptors (Lipinski definition) is 4. The maximum atomic E-state index is 12.9. The Hall–Kier alpha value is -0.820. The van der Waals surface area contributed by atoms with E-state index in [0.717, 1.165) is 0 Å². The topological polar surface area (TPSA) is 58.6 Å². The van der Waals surface area contributed by atoms with Gasteiger partial charge in [0, 0.05) is 29.7 Å². The Balaban J connectivity index is 3.54. The monoisotopic (exact) mass is 334 g/mol. The molecule has 0 heterocycles. The second-order valence-corrected chi connectivity index (χ2v) is 7.22. The van der Waals surface area contributed by atoms with Gasteiger partial charge in [-0.05, 0) is 33.0 Å². The number of nitrogens with zero attached hydrogens (tertiary/aromatic N) is 1. The molecule has 1 N–H and O–H groups in total. The number of methoxy groups -OCH3 is 1. The second kappa shape index (κ2) is 7.45. The predicted octanol–water partition coefficient (Wildman–Crippen LogP) is 2.49. The molecule has 0 amide bonds. The summed E-state index contributed by atoms with van der Waals surface area (Å²) in [4.78, 5) is 0.110. The van der Waals surface area contributed by atoms with Gasteiger partial charge in [-0.2, -0.15) is 4.31 Å². The molecule has 1 aromatic rings. The van der Waals surface area contributed by atoms with E-state index in [1.807, 2.05) is 20.8 Å². The normalized spacial score (nSPS) is 12.2. The van der Waals surface area contributed by atoms with Crippen molar-refractivity contribution in [2.75, 3.05) is 20.7 Å². The average Bonchev–Trinajstić information content (AvgIpc) is 2.38. The number of hydrogen-bond donors (Lipinski definition) is 1. The SMILES string of the molecule is CCN(C(C)C)S(=O)(=O)c1cc(Cl)cc(CNC)c1OC. The van der Waals surface area contributed by atoms with E-state index >= 15 is 0 Å². The molecule has 0 saturated heterocycles. The zero-order valence-corrected chi connectivity index (χ0v) is 14.7. The van der Waals surface area contributed by atoms with E-state index in [1.54, 1.807) is 13.1 Å². The quantitative estimate of drug-likeness (QED) is 0.832. The van der Waals surface area contributed by atoms with Crippen LogP contribution in [0.5, 0.6) is 5.75 Å². The van der Waals surface area contributed by atoms with Crippen molar-refractivity contribution in [3.05, 3.63) is 22.7 Å². The molecule has 0 radical (unpaired) electrons. The largest absolute Gasteiger partial charge is 0.495 e. The van der Waals surface area contributed by atoms with Crippen LogP contribution in [0.3, 0.4) is 0 Å². The zero-order valence-electron chi connectivity index (χ0n) is 13.1. The number of benzene rings is 1. The third-order valence-electron chi connectivity index (χ3n) is 3.14. The lowest BCUT2D eigenvalue weighted by Crippen LogP contribution is -2.37. The van der Waals surface area contributed by atoms with Gasteiger partial charge in [-0.1, -0.05) is 18.5 Å². The summed E-state index contributed by atoms with van der Waals surface area (Å²) in [5.74, 6) is 0.341. The average molecular weight is 335 g/mol. The van der Waals surface area contributed by atoms with Crippen LogP contribution in [-0.4, -0.2) is 39.5 Å². The Morgan fingerprint density at radius 1 is 1.38 bits per heavy atom. The first-order valence-corrected chi connectivity index (χ1v) is 8.64. The number of halogens is 1. The maximum absolute atomic E-state index is 12.9. The van der Waals surface area contributed by atoms with Crippen LogP contribution < -0.4 is 10.1 Å². The minimum absolute atomic E-state index is 0.110. The summed E-state index contributed by atoms with van der Waals surface area (Å²) in [6, 6.07) is 3.01. The standard InChI is InChI=1S/C14H23ClN2O3S/c1-6-17(10(2)3)21(18,19)13-8-12(15)7-11(9-16-4)14(13)20-5/h7-8,10,16H,6,9H2,1-5H3. The fourth-order valence-electron chi connectivity index (χ4n) is 2.31. The summed E-state index contributed by atoms with van der Waals surface area (Å²) in [7, 11) is -0.416. The van der Waals surface area contributed by atoms with Crippen molar-refractivity contribution in [2.45, 2.75) is 38.3 Å². The minimum Gasteiger partial charge on any atom is -0.495 e. The molecular formula is C14H23ClN2O3S. The molecule has 5 nitrogen and oxygen atoms in total. The van der Waals surface area contributed by atoms with Gasteiger partial charge in [0.05, 0.1) is 7.11 Å². The van der Waals surface area contributed by atoms with Crippen LogP contribution >= 0.6 is 11.6 Å². The van der Waals surface area contributed by atoms with Gasteiger partial charge in [0.15, 0.2) is 0 Å². The van der Waals surface area contributed by atoms with Crippen LogP contribution in [0.25, 0.3) is 0 Å². The van der Waals surface area contributed by atoms with Crippen LogP contribution in [0, 0.1) is 0 Å². The van der Waals surface area contributed by atoms with E-state index in [9.17, 15) is 8.42 Å². The number of nitrogens with one attached hydrogen (secondary N) is 1. The van der Waals surface area contributed by atoms with Gasteiger partial charge in [-0.3, -0.25) is 0 Å². The highest BCUT2D eigenvalue weighted by Crippen LogP contribution is 2.34. The highest BCUT2D eigenvalue weighted by Gasteiger charge is 2.30. The Morgan fingerprint density at radius 3 is 2.43 bits per heavy atom. The fraction of sp³-hybridized carbons (Fsp3) is 0.571. The first-order valence-electron chi connectivity index (χ1n) is 6.82. The number of ether oxygens (including phenoxy) is 1. The van der Waals surface area contributed by atoms with E-state index in [2.05, 4.69) is 5.32 Å². The third kappa shape index (κ3) is 3.88. The van der Waals surface area contributed by atoms with Gasteiger partial charge in [0.25, 0.3) is 0 Å². The van der Waals surface area contributed by atoms with E-state index in [4.69, 9.17) is 16.3 Å². The molecular weight excluding hydrogens is 312 g/mol. The Labute approximate surface area is 132 Å². The number of rotatable bonds is 7. The first-order chi connectivity index (χ1) is 9.79. The van der Waals surface area contributed by atoms with Crippen molar-refractivity contribution >= 4 is 21.6 Å². The maximum Gasteiger partial charge on any atom is 0.247 e. The molecule has 0 saturated carbocycles. The van der Waals surface area contributed by atoms with Gasteiger partial charge in [0.2, 0.25) is 10.0 Å². The van der Waals surface area contributed by atoms with Crippen LogP contribution in [-0.2, 0) is 16.6 Å². The van der Waals surface area contributed by atoms with Crippen LogP contribution in [0.1, 0.15) is 26.3 Å². The van der Waals surface area contributed by atoms with E-state index in [-0.39, 0.29) is 10.9 Å². The summed E-state index contributed by atoms with van der Waals surface area (Å²) < 4.78 is 32.5. The van der Waals surface area contributed by atoms with Crippen LogP contribution in [0.15, 0.2) is 17.0 Å². The molecule has 120 valence electrons. The molecule has 7 heteroatoms. The summed E-state index contributed by atoms with van der Waals surface area (Å²) in [6.07, 6.45) is 0. The fourth-order valence-corrected chi connectivity index (χ4v) is 4.48. The smallest absolute Gasteiger partial charge is 0.247 e. The van der Waals surface area contributed by atoms with Crippen molar-refractivity contribution in [1.29, 1.82) is 0 Å². The summed E-state index contributed by atoms with van der Waals surface area (Å²) in [5, 5.41) is 3.36. The molecule has 0 unspecified atom stereocenters. The minimum atomic E-state index is -3.66. The van der Waals surface area contributed by atoms with E-state index in [1.165, 1.54) is 17.5 Å². The second-order valence-electron chi connectivity index (χ2n) is 4.93. The van der Waals surface area contributed by atoms with E-state index < -0.39 is 10.0 Å². The molecule has 0 aromatic heterocycles. The lowest BCUT2D eigenvalue weighted by molar-refractivity contribution is 0.360. The molecule has 0 spiro atoms. The zero-order chi connectivity index (χ0) is 16.2. The van der Waals surface area contributed by atoms with Gasteiger partial charge < -0.3 is 10.1 Å². The lowest BCUT2D eigenvalue weighted by atomic mass is 10.2. The molecule has 1 aromatic carbocycles. The molecule has 21 heavy (non-hydrogen) atoms. The first kappa shape index (κ1) is 18.2. The summed E-state index contributed by atoms with van der Waals surface area (Å²) in [5.41, 5.74) is 0.714. The Kier molecular flexibility index (Phi) is 6.46. The van der Waals surface area contributed by atoms with Crippen molar-refractivity contribution in [3.63, 3.8) is 0 Å². The van der Waals surface area contributed by atoms with Crippen molar-refractivity contribution in [1.82, 2.24) is 9.62 Å². The Morgan fingerprint density at radius 2 is 2.00 bits per heavy atom. The van der Waals surface area contributed by atoms with Crippen LogP contribution in [0.2, 0.25) is 5.02 Å². The van der Waals surface area contributed by atoms with Crippen molar-refractivity contribution in [2.24, 2.45) is 0 Å². The molecule has 0 aliphatic carbocycles. The summed E-state index contributed by atoms with van der Waals surface area (Å²) >= 11 is 6.08. The molecule has 0 aliphatic rings. The predicted molar refractivity (Wildman–Crippen MR) is 85.5 cm³/mol. The number of sulfonamides is 1. The van der Waals surface area contributed by atoms with Crippen molar-refractivity contribution < 1.29 is 13.2 Å². The molecule has 0 fully saturated rings. The highest BCUT2D eigenvalue weighted by atomic mass is 35.5. The van der Waals surface area contributed by atoms with Crippen molar-refractivity contribution in [3.8, 4) is 5.75 Å².